The van der Waals surface area contributed by atoms with Gasteiger partial charge in [-0.1, -0.05) is 102 Å². The number of carboxylic acid groups (broad SMARTS) is 2. The maximum Gasteiger partial charge on any atom is 0.336 e. The molecule has 0 bridgehead atoms. The number of likely N-dealkylation sites (tertiary alicyclic amines) is 1. The minimum Gasteiger partial charge on any atom is -0.481 e. The van der Waals surface area contributed by atoms with Gasteiger partial charge in [-0.05, 0) is 42.7 Å². The number of carboxylic acids is 2. The molecule has 0 radical (unpaired) electrons. The zero-order valence-electron chi connectivity index (χ0n) is 38.7. The number of rotatable bonds is 24. The minimum absolute atomic E-state index is 0.0360. The first kappa shape index (κ1) is 53.8. The first-order valence-corrected chi connectivity index (χ1v) is 22.3. The summed E-state index contributed by atoms with van der Waals surface area (Å²) < 4.78 is 6.22. The van der Waals surface area contributed by atoms with E-state index in [1.807, 2.05) is 74.5 Å². The molecule has 0 unspecified atom stereocenters. The summed E-state index contributed by atoms with van der Waals surface area (Å²) in [5.41, 5.74) is 4.43. The predicted octanol–water partition coefficient (Wildman–Crippen LogP) is 2.39. The number of amides is 8. The molecule has 8 atom stereocenters. The Morgan fingerprint density at radius 2 is 1.36 bits per heavy atom. The monoisotopic (exact) mass is 922 g/mol. The molecule has 362 valence electrons. The van der Waals surface area contributed by atoms with Gasteiger partial charge in [0, 0.05) is 32.9 Å². The highest BCUT2D eigenvalue weighted by atomic mass is 16.5. The Bertz CT molecular complexity index is 1970. The quantitative estimate of drug-likeness (QED) is 0.0705. The topological polar surface area (TPSA) is 282 Å². The second-order valence-electron chi connectivity index (χ2n) is 16.8. The van der Waals surface area contributed by atoms with Crippen molar-refractivity contribution < 1.29 is 58.1 Å². The van der Waals surface area contributed by atoms with Crippen molar-refractivity contribution in [3.05, 3.63) is 71.8 Å². The SMILES string of the molecule is CCCN(NC(=O)[C@@H]1C[C@@H](OCc2ccccc2)CN1C(=O)[C@@H](NC(=O)[C@@H](NC(=O)[C@@H](CCC(=O)O)NC(=O)[C@H](CC(=O)O)NC(C)=O)[C@@H](C)CC)C(C)C)C(=O)N[C@H](C)c1ccccc1. The van der Waals surface area contributed by atoms with E-state index in [0.29, 0.717) is 12.8 Å². The smallest absolute Gasteiger partial charge is 0.336 e. The summed E-state index contributed by atoms with van der Waals surface area (Å²) in [6.07, 6.45) is -1.60. The molecule has 3 rings (SSSR count). The molecule has 66 heavy (non-hydrogen) atoms. The maximum absolute atomic E-state index is 14.7. The summed E-state index contributed by atoms with van der Waals surface area (Å²) in [6, 6.07) is 10.8. The van der Waals surface area contributed by atoms with Crippen molar-refractivity contribution in [2.24, 2.45) is 11.8 Å². The average Bonchev–Trinajstić information content (AvgIpc) is 3.71. The van der Waals surface area contributed by atoms with Crippen LogP contribution >= 0.6 is 0 Å². The van der Waals surface area contributed by atoms with Gasteiger partial charge in [-0.3, -0.25) is 43.8 Å². The number of carbonyl (C=O) groups excluding carboxylic acids is 7. The number of aliphatic carboxylic acids is 2. The van der Waals surface area contributed by atoms with Crippen LogP contribution in [-0.2, 0) is 49.7 Å². The van der Waals surface area contributed by atoms with Crippen LogP contribution in [0.3, 0.4) is 0 Å². The Kier molecular flexibility index (Phi) is 21.5. The van der Waals surface area contributed by atoms with Crippen molar-refractivity contribution in [2.45, 2.75) is 136 Å². The molecule has 1 fully saturated rings. The van der Waals surface area contributed by atoms with E-state index in [4.69, 9.17) is 4.74 Å². The molecule has 1 heterocycles. The van der Waals surface area contributed by atoms with Gasteiger partial charge < -0.3 is 46.4 Å². The van der Waals surface area contributed by atoms with Gasteiger partial charge in [0.15, 0.2) is 0 Å². The fourth-order valence-electron chi connectivity index (χ4n) is 7.26. The van der Waals surface area contributed by atoms with Gasteiger partial charge in [0.25, 0.3) is 5.91 Å². The number of carbonyl (C=O) groups is 9. The van der Waals surface area contributed by atoms with E-state index in [1.165, 1.54) is 9.91 Å². The maximum atomic E-state index is 14.7. The average molecular weight is 923 g/mol. The van der Waals surface area contributed by atoms with Gasteiger partial charge >= 0.3 is 18.0 Å². The molecule has 20 nitrogen and oxygen atoms in total. The number of hydrogen-bond donors (Lipinski definition) is 8. The van der Waals surface area contributed by atoms with Gasteiger partial charge in [-0.2, -0.15) is 0 Å². The molecule has 1 saturated heterocycles. The lowest BCUT2D eigenvalue weighted by Gasteiger charge is -2.33. The fourth-order valence-corrected chi connectivity index (χ4v) is 7.26. The van der Waals surface area contributed by atoms with Crippen LogP contribution in [0, 0.1) is 11.8 Å². The van der Waals surface area contributed by atoms with Crippen LogP contribution in [0.25, 0.3) is 0 Å². The largest absolute Gasteiger partial charge is 0.481 e. The summed E-state index contributed by atoms with van der Waals surface area (Å²) in [6.45, 7) is 11.8. The molecular formula is C46H66N8O12. The van der Waals surface area contributed by atoms with E-state index >= 15 is 0 Å². The first-order chi connectivity index (χ1) is 31.2. The second-order valence-corrected chi connectivity index (χ2v) is 16.8. The molecule has 0 aliphatic carbocycles. The fraction of sp³-hybridized carbons (Fsp3) is 0.543. The molecule has 0 saturated carbocycles. The minimum atomic E-state index is -1.60. The Morgan fingerprint density at radius 3 is 1.92 bits per heavy atom. The number of hydrazine groups is 1. The molecule has 8 N–H and O–H groups in total. The summed E-state index contributed by atoms with van der Waals surface area (Å²) in [4.78, 5) is 120. The van der Waals surface area contributed by atoms with Crippen molar-refractivity contribution in [3.63, 3.8) is 0 Å². The zero-order valence-corrected chi connectivity index (χ0v) is 38.7. The normalized spacial score (nSPS) is 17.2. The predicted molar refractivity (Wildman–Crippen MR) is 240 cm³/mol. The third kappa shape index (κ3) is 16.8. The molecule has 0 spiro atoms. The summed E-state index contributed by atoms with van der Waals surface area (Å²) in [5.74, 6) is -8.70. The Balaban J connectivity index is 1.90. The Labute approximate surface area is 385 Å². The van der Waals surface area contributed by atoms with Crippen LogP contribution in [0.2, 0.25) is 0 Å². The summed E-state index contributed by atoms with van der Waals surface area (Å²) >= 11 is 0. The van der Waals surface area contributed by atoms with Crippen molar-refractivity contribution in [1.82, 2.24) is 41.9 Å². The van der Waals surface area contributed by atoms with E-state index < -0.39 is 127 Å². The van der Waals surface area contributed by atoms with Crippen LogP contribution < -0.4 is 32.0 Å². The number of nitrogens with one attached hydrogen (secondary N) is 6. The molecule has 2 aromatic carbocycles. The zero-order chi connectivity index (χ0) is 49.1. The highest BCUT2D eigenvalue weighted by Gasteiger charge is 2.45. The van der Waals surface area contributed by atoms with Crippen molar-refractivity contribution in [1.29, 1.82) is 0 Å². The first-order valence-electron chi connectivity index (χ1n) is 22.3. The van der Waals surface area contributed by atoms with E-state index in [1.54, 1.807) is 27.7 Å². The highest BCUT2D eigenvalue weighted by Crippen LogP contribution is 2.25. The second kappa shape index (κ2) is 26.4. The van der Waals surface area contributed by atoms with E-state index in [9.17, 15) is 53.4 Å². The van der Waals surface area contributed by atoms with E-state index in [2.05, 4.69) is 32.0 Å². The molecule has 8 amide bonds. The van der Waals surface area contributed by atoms with Crippen LogP contribution in [0.1, 0.15) is 104 Å². The lowest BCUT2D eigenvalue weighted by Crippen LogP contribution is -2.62. The number of nitrogens with zero attached hydrogens (tertiary/aromatic N) is 2. The van der Waals surface area contributed by atoms with Gasteiger partial charge in [0.05, 0.1) is 25.2 Å². The van der Waals surface area contributed by atoms with Crippen LogP contribution in [0.15, 0.2) is 60.7 Å². The van der Waals surface area contributed by atoms with Gasteiger partial charge in [0.2, 0.25) is 29.5 Å². The number of ether oxygens (including phenoxy) is 1. The van der Waals surface area contributed by atoms with E-state index in [0.717, 1.165) is 18.1 Å². The van der Waals surface area contributed by atoms with Gasteiger partial charge in [0.1, 0.15) is 30.2 Å². The number of urea groups is 1. The third-order valence-electron chi connectivity index (χ3n) is 11.1. The lowest BCUT2D eigenvalue weighted by molar-refractivity contribution is -0.144. The van der Waals surface area contributed by atoms with Crippen LogP contribution in [0.5, 0.6) is 0 Å². The Morgan fingerprint density at radius 1 is 0.758 bits per heavy atom. The standard InChI is InChI=1S/C46H66N8O12/c1-8-22-54(46(65)47-29(6)32-18-14-11-15-19-32)52-43(62)36-23-33(66-26-31-16-12-10-13-17-31)25-53(36)45(64)39(27(3)4)50-44(63)40(28(5)9-2)51-41(60)34(20-21-37(56)57)49-42(61)35(24-38(58)59)48-30(7)55/h10-19,27-29,33-36,39-40H,8-9,20-26H2,1-7H3,(H,47,65)(H,48,55)(H,49,61)(H,50,63)(H,51,60)(H,52,62)(H,56,57)(H,58,59)/t28-,29+,33+,34+,35-,36-,39-,40-/m0/s1. The van der Waals surface area contributed by atoms with Gasteiger partial charge in [-0.15, -0.1) is 0 Å². The van der Waals surface area contributed by atoms with Crippen molar-refractivity contribution >= 4 is 53.4 Å². The highest BCUT2D eigenvalue weighted by molar-refractivity contribution is 5.97. The molecule has 2 aromatic rings. The molecule has 1 aliphatic heterocycles. The summed E-state index contributed by atoms with van der Waals surface area (Å²) in [7, 11) is 0. The van der Waals surface area contributed by atoms with E-state index in [-0.39, 0.29) is 26.1 Å². The molecular weight excluding hydrogens is 857 g/mol. The van der Waals surface area contributed by atoms with Crippen molar-refractivity contribution in [2.75, 3.05) is 13.1 Å². The molecule has 1 aliphatic rings. The van der Waals surface area contributed by atoms with Crippen LogP contribution in [0.4, 0.5) is 4.79 Å². The number of hydrogen-bond acceptors (Lipinski definition) is 10. The number of benzene rings is 2. The molecule has 0 aromatic heterocycles. The summed E-state index contributed by atoms with van der Waals surface area (Å²) in [5, 5.41) is 32.6. The Hall–Kier alpha value is -6.57. The molecule has 20 heteroatoms. The van der Waals surface area contributed by atoms with Crippen molar-refractivity contribution in [3.8, 4) is 0 Å². The van der Waals surface area contributed by atoms with Crippen LogP contribution in [-0.4, -0.2) is 123 Å². The third-order valence-corrected chi connectivity index (χ3v) is 11.1. The van der Waals surface area contributed by atoms with Gasteiger partial charge in [-0.25, -0.2) is 9.80 Å². The lowest BCUT2D eigenvalue weighted by atomic mass is 9.95.